The quantitative estimate of drug-likeness (QED) is 0.839. The number of rotatable bonds is 4. The van der Waals surface area contributed by atoms with E-state index in [4.69, 9.17) is 4.74 Å². The van der Waals surface area contributed by atoms with Crippen molar-refractivity contribution in [3.05, 3.63) is 64.2 Å². The fourth-order valence-electron chi connectivity index (χ4n) is 3.58. The third kappa shape index (κ3) is 4.19. The number of carboxylic acid groups (broad SMARTS) is 1. The number of benzene rings is 2. The molecule has 1 amide bonds. The number of nitrogens with one attached hydrogen (secondary N) is 1. The zero-order valence-corrected chi connectivity index (χ0v) is 15.9. The van der Waals surface area contributed by atoms with E-state index in [1.807, 2.05) is 38.1 Å². The lowest BCUT2D eigenvalue weighted by Gasteiger charge is -2.31. The lowest BCUT2D eigenvalue weighted by molar-refractivity contribution is -0.129. The predicted octanol–water partition coefficient (Wildman–Crippen LogP) is 4.42. The van der Waals surface area contributed by atoms with Crippen LogP contribution >= 0.6 is 0 Å². The number of anilines is 1. The molecule has 1 aliphatic rings. The lowest BCUT2D eigenvalue weighted by atomic mass is 9.88. The number of aryl methyl sites for hydroxylation is 3. The molecule has 0 bridgehead atoms. The van der Waals surface area contributed by atoms with Gasteiger partial charge in [0, 0.05) is 12.3 Å². The standard InChI is InChI=1S/C22H25NO4/c1-13-6-8-16(9-7-13)20-17(5-4-10-27-20)21(24)23-19-12-18(22(25)26)14(2)11-15(19)3/h6-9,11-12,17,20H,4-5,10H2,1-3H3,(H,23,24)(H,25,26). The summed E-state index contributed by atoms with van der Waals surface area (Å²) in [5, 5.41) is 12.3. The van der Waals surface area contributed by atoms with Gasteiger partial charge in [0.05, 0.1) is 17.6 Å². The summed E-state index contributed by atoms with van der Waals surface area (Å²) in [4.78, 5) is 24.4. The van der Waals surface area contributed by atoms with Gasteiger partial charge in [-0.1, -0.05) is 35.9 Å². The highest BCUT2D eigenvalue weighted by Crippen LogP contribution is 2.35. The molecule has 2 atom stereocenters. The van der Waals surface area contributed by atoms with Crippen LogP contribution in [0.5, 0.6) is 0 Å². The zero-order chi connectivity index (χ0) is 19.6. The fourth-order valence-corrected chi connectivity index (χ4v) is 3.58. The molecule has 0 aliphatic carbocycles. The van der Waals surface area contributed by atoms with Crippen molar-refractivity contribution in [1.29, 1.82) is 0 Å². The summed E-state index contributed by atoms with van der Waals surface area (Å²) in [6, 6.07) is 11.4. The van der Waals surface area contributed by atoms with E-state index < -0.39 is 5.97 Å². The van der Waals surface area contributed by atoms with Crippen LogP contribution in [0.15, 0.2) is 36.4 Å². The number of carboxylic acids is 1. The number of carbonyl (C=O) groups excluding carboxylic acids is 1. The third-order valence-electron chi connectivity index (χ3n) is 5.12. The molecule has 2 aromatic rings. The van der Waals surface area contributed by atoms with E-state index in [0.717, 1.165) is 29.5 Å². The van der Waals surface area contributed by atoms with Gasteiger partial charge in [0.15, 0.2) is 0 Å². The van der Waals surface area contributed by atoms with Gasteiger partial charge in [-0.3, -0.25) is 4.79 Å². The topological polar surface area (TPSA) is 75.6 Å². The molecule has 142 valence electrons. The van der Waals surface area contributed by atoms with Gasteiger partial charge in [-0.15, -0.1) is 0 Å². The minimum Gasteiger partial charge on any atom is -0.478 e. The molecule has 27 heavy (non-hydrogen) atoms. The Morgan fingerprint density at radius 3 is 2.44 bits per heavy atom. The van der Waals surface area contributed by atoms with Crippen molar-refractivity contribution in [2.75, 3.05) is 11.9 Å². The predicted molar refractivity (Wildman–Crippen MR) is 104 cm³/mol. The van der Waals surface area contributed by atoms with Gasteiger partial charge < -0.3 is 15.2 Å². The Morgan fingerprint density at radius 1 is 1.07 bits per heavy atom. The van der Waals surface area contributed by atoms with E-state index in [9.17, 15) is 14.7 Å². The minimum absolute atomic E-state index is 0.136. The van der Waals surface area contributed by atoms with E-state index in [2.05, 4.69) is 5.32 Å². The van der Waals surface area contributed by atoms with Crippen molar-refractivity contribution >= 4 is 17.6 Å². The Labute approximate surface area is 159 Å². The van der Waals surface area contributed by atoms with Crippen molar-refractivity contribution < 1.29 is 19.4 Å². The Balaban J connectivity index is 1.84. The van der Waals surface area contributed by atoms with Crippen molar-refractivity contribution in [1.82, 2.24) is 0 Å². The van der Waals surface area contributed by atoms with E-state index >= 15 is 0 Å². The molecule has 0 radical (unpaired) electrons. The average Bonchev–Trinajstić information content (AvgIpc) is 2.64. The highest BCUT2D eigenvalue weighted by Gasteiger charge is 2.33. The smallest absolute Gasteiger partial charge is 0.336 e. The summed E-state index contributed by atoms with van der Waals surface area (Å²) in [6.07, 6.45) is 1.28. The van der Waals surface area contributed by atoms with Crippen molar-refractivity contribution in [2.45, 2.75) is 39.7 Å². The number of carbonyl (C=O) groups is 2. The summed E-state index contributed by atoms with van der Waals surface area (Å²) in [7, 11) is 0. The number of hydrogen-bond acceptors (Lipinski definition) is 3. The van der Waals surface area contributed by atoms with Crippen LogP contribution in [0.2, 0.25) is 0 Å². The van der Waals surface area contributed by atoms with Gasteiger partial charge in [-0.2, -0.15) is 0 Å². The molecule has 2 N–H and O–H groups in total. The molecule has 1 saturated heterocycles. The van der Waals surface area contributed by atoms with Crippen LogP contribution in [-0.4, -0.2) is 23.6 Å². The molecule has 3 rings (SSSR count). The van der Waals surface area contributed by atoms with Crippen molar-refractivity contribution in [3.8, 4) is 0 Å². The SMILES string of the molecule is Cc1ccc(C2OCCCC2C(=O)Nc2cc(C(=O)O)c(C)cc2C)cc1. The first-order valence-corrected chi connectivity index (χ1v) is 9.20. The largest absolute Gasteiger partial charge is 0.478 e. The van der Waals surface area contributed by atoms with Crippen LogP contribution in [0.3, 0.4) is 0 Å². The molecule has 1 fully saturated rings. The lowest BCUT2D eigenvalue weighted by Crippen LogP contribution is -2.33. The number of amides is 1. The molecule has 2 aromatic carbocycles. The summed E-state index contributed by atoms with van der Waals surface area (Å²) in [5.74, 6) is -1.44. The average molecular weight is 367 g/mol. The van der Waals surface area contributed by atoms with E-state index in [1.54, 1.807) is 13.0 Å². The first kappa shape index (κ1) is 19.1. The summed E-state index contributed by atoms with van der Waals surface area (Å²) in [5.41, 5.74) is 4.41. The molecule has 2 unspecified atom stereocenters. The summed E-state index contributed by atoms with van der Waals surface area (Å²) < 4.78 is 5.93. The third-order valence-corrected chi connectivity index (χ3v) is 5.12. The molecule has 0 aromatic heterocycles. The van der Waals surface area contributed by atoms with E-state index in [1.165, 1.54) is 6.07 Å². The maximum Gasteiger partial charge on any atom is 0.336 e. The maximum atomic E-state index is 13.0. The van der Waals surface area contributed by atoms with E-state index in [0.29, 0.717) is 17.9 Å². The van der Waals surface area contributed by atoms with Gasteiger partial charge in [-0.25, -0.2) is 4.79 Å². The normalized spacial score (nSPS) is 19.5. The second-order valence-corrected chi connectivity index (χ2v) is 7.23. The number of hydrogen-bond donors (Lipinski definition) is 2. The first-order chi connectivity index (χ1) is 12.9. The Hall–Kier alpha value is -2.66. The number of aromatic carboxylic acids is 1. The Kier molecular flexibility index (Phi) is 5.61. The van der Waals surface area contributed by atoms with Gasteiger partial charge in [0.2, 0.25) is 5.91 Å². The monoisotopic (exact) mass is 367 g/mol. The molecule has 1 heterocycles. The van der Waals surface area contributed by atoms with Gasteiger partial charge >= 0.3 is 5.97 Å². The second kappa shape index (κ2) is 7.92. The Morgan fingerprint density at radius 2 is 1.78 bits per heavy atom. The molecule has 0 spiro atoms. The van der Waals surface area contributed by atoms with Gasteiger partial charge in [0.25, 0.3) is 0 Å². The summed E-state index contributed by atoms with van der Waals surface area (Å²) >= 11 is 0. The van der Waals surface area contributed by atoms with Crippen LogP contribution in [0.4, 0.5) is 5.69 Å². The second-order valence-electron chi connectivity index (χ2n) is 7.23. The Bertz CT molecular complexity index is 857. The van der Waals surface area contributed by atoms with E-state index in [-0.39, 0.29) is 23.5 Å². The molecular weight excluding hydrogens is 342 g/mol. The molecule has 5 nitrogen and oxygen atoms in total. The van der Waals surface area contributed by atoms with Crippen molar-refractivity contribution in [3.63, 3.8) is 0 Å². The van der Waals surface area contributed by atoms with Crippen molar-refractivity contribution in [2.24, 2.45) is 5.92 Å². The zero-order valence-electron chi connectivity index (χ0n) is 15.9. The van der Waals surface area contributed by atoms with Crippen LogP contribution in [0.1, 0.15) is 51.6 Å². The van der Waals surface area contributed by atoms with Crippen LogP contribution < -0.4 is 5.32 Å². The van der Waals surface area contributed by atoms with Gasteiger partial charge in [0.1, 0.15) is 0 Å². The highest BCUT2D eigenvalue weighted by atomic mass is 16.5. The molecule has 0 saturated carbocycles. The first-order valence-electron chi connectivity index (χ1n) is 9.20. The van der Waals surface area contributed by atoms with Crippen LogP contribution in [0.25, 0.3) is 0 Å². The fraction of sp³-hybridized carbons (Fsp3) is 0.364. The molecule has 1 aliphatic heterocycles. The number of ether oxygens (including phenoxy) is 1. The van der Waals surface area contributed by atoms with Crippen LogP contribution in [0, 0.1) is 26.7 Å². The summed E-state index contributed by atoms with van der Waals surface area (Å²) in [6.45, 7) is 6.28. The highest BCUT2D eigenvalue weighted by molar-refractivity contribution is 5.96. The minimum atomic E-state index is -0.999. The van der Waals surface area contributed by atoms with Gasteiger partial charge in [-0.05, 0) is 56.4 Å². The molecular formula is C22H25NO4. The molecule has 5 heteroatoms. The maximum absolute atomic E-state index is 13.0. The van der Waals surface area contributed by atoms with Crippen LogP contribution in [-0.2, 0) is 9.53 Å².